The predicted molar refractivity (Wildman–Crippen MR) is 143 cm³/mol. The zero-order chi connectivity index (χ0) is 22.9. The fourth-order valence-corrected chi connectivity index (χ4v) is 3.47. The molecule has 2 aromatic carbocycles. The van der Waals surface area contributed by atoms with E-state index < -0.39 is 0 Å². The van der Waals surface area contributed by atoms with Gasteiger partial charge in [0.25, 0.3) is 5.91 Å². The van der Waals surface area contributed by atoms with Crippen molar-refractivity contribution < 1.29 is 14.3 Å². The first kappa shape index (κ1) is 26.9. The van der Waals surface area contributed by atoms with Crippen molar-refractivity contribution in [1.29, 1.82) is 0 Å². The molecule has 0 radical (unpaired) electrons. The highest BCUT2D eigenvalue weighted by Gasteiger charge is 2.17. The van der Waals surface area contributed by atoms with Crippen LogP contribution < -0.4 is 15.4 Å². The number of amides is 1. The smallest absolute Gasteiger partial charge is 0.253 e. The molecular formula is C25H35IN4O3. The van der Waals surface area contributed by atoms with Crippen LogP contribution in [0.25, 0.3) is 0 Å². The average molecular weight is 566 g/mol. The van der Waals surface area contributed by atoms with Crippen LogP contribution in [0.3, 0.4) is 0 Å². The molecule has 180 valence electrons. The van der Waals surface area contributed by atoms with Gasteiger partial charge in [-0.2, -0.15) is 0 Å². The van der Waals surface area contributed by atoms with E-state index in [1.807, 2.05) is 24.3 Å². The van der Waals surface area contributed by atoms with Crippen LogP contribution >= 0.6 is 24.0 Å². The van der Waals surface area contributed by atoms with Gasteiger partial charge in [-0.25, -0.2) is 0 Å². The van der Waals surface area contributed by atoms with Crippen molar-refractivity contribution in [2.75, 3.05) is 41.0 Å². The van der Waals surface area contributed by atoms with E-state index in [1.165, 1.54) is 5.56 Å². The molecule has 3 rings (SSSR count). The Balaban J connectivity index is 0.00000385. The van der Waals surface area contributed by atoms with E-state index in [9.17, 15) is 4.79 Å². The van der Waals surface area contributed by atoms with Gasteiger partial charge in [0.1, 0.15) is 5.75 Å². The Labute approximate surface area is 214 Å². The maximum Gasteiger partial charge on any atom is 0.253 e. The van der Waals surface area contributed by atoms with E-state index in [2.05, 4.69) is 40.7 Å². The minimum Gasteiger partial charge on any atom is -0.493 e. The number of guanidine groups is 1. The lowest BCUT2D eigenvalue weighted by molar-refractivity contribution is 0.0827. The molecule has 1 fully saturated rings. The van der Waals surface area contributed by atoms with Gasteiger partial charge in [0.15, 0.2) is 5.96 Å². The SMILES string of the molecule is CN=C(NCc1ccc(C(=O)N(C)C)cc1)NCc1ccc(C)cc1OCC1CCOC1.I. The molecule has 1 unspecified atom stereocenters. The summed E-state index contributed by atoms with van der Waals surface area (Å²) in [5, 5.41) is 6.68. The van der Waals surface area contributed by atoms with E-state index in [0.29, 0.717) is 37.1 Å². The summed E-state index contributed by atoms with van der Waals surface area (Å²) in [5.74, 6) is 2.07. The van der Waals surface area contributed by atoms with E-state index in [4.69, 9.17) is 9.47 Å². The Morgan fingerprint density at radius 1 is 1.15 bits per heavy atom. The molecule has 1 aliphatic rings. The first-order valence-electron chi connectivity index (χ1n) is 11.0. The first-order valence-corrected chi connectivity index (χ1v) is 11.0. The van der Waals surface area contributed by atoms with E-state index in [1.54, 1.807) is 26.0 Å². The topological polar surface area (TPSA) is 75.2 Å². The number of nitrogens with one attached hydrogen (secondary N) is 2. The molecule has 2 aromatic rings. The summed E-state index contributed by atoms with van der Waals surface area (Å²) < 4.78 is 11.6. The predicted octanol–water partition coefficient (Wildman–Crippen LogP) is 3.60. The van der Waals surface area contributed by atoms with E-state index in [0.717, 1.165) is 36.5 Å². The third kappa shape index (κ3) is 8.19. The molecule has 1 aliphatic heterocycles. The van der Waals surface area contributed by atoms with Gasteiger partial charge in [-0.15, -0.1) is 24.0 Å². The lowest BCUT2D eigenvalue weighted by Crippen LogP contribution is -2.36. The van der Waals surface area contributed by atoms with Crippen molar-refractivity contribution in [3.8, 4) is 5.75 Å². The molecule has 8 heteroatoms. The number of aliphatic imine (C=N–C) groups is 1. The van der Waals surface area contributed by atoms with Crippen LogP contribution in [0, 0.1) is 12.8 Å². The number of ether oxygens (including phenoxy) is 2. The maximum atomic E-state index is 12.0. The summed E-state index contributed by atoms with van der Waals surface area (Å²) in [6.07, 6.45) is 1.06. The molecule has 0 saturated carbocycles. The average Bonchev–Trinajstić information content (AvgIpc) is 3.32. The summed E-state index contributed by atoms with van der Waals surface area (Å²) in [6, 6.07) is 13.9. The van der Waals surface area contributed by atoms with Gasteiger partial charge in [0.05, 0.1) is 13.2 Å². The van der Waals surface area contributed by atoms with Crippen LogP contribution in [0.1, 0.15) is 33.5 Å². The molecule has 7 nitrogen and oxygen atoms in total. The highest BCUT2D eigenvalue weighted by molar-refractivity contribution is 14.0. The number of hydrogen-bond donors (Lipinski definition) is 2. The molecule has 0 aromatic heterocycles. The molecule has 1 saturated heterocycles. The number of carbonyl (C=O) groups is 1. The molecule has 1 atom stereocenters. The number of rotatable bonds is 8. The van der Waals surface area contributed by atoms with Gasteiger partial charge < -0.3 is 25.0 Å². The van der Waals surface area contributed by atoms with Gasteiger partial charge in [-0.1, -0.05) is 24.3 Å². The second-order valence-electron chi connectivity index (χ2n) is 8.33. The van der Waals surface area contributed by atoms with Crippen LogP contribution in [-0.4, -0.2) is 57.7 Å². The lowest BCUT2D eigenvalue weighted by atomic mass is 10.1. The third-order valence-corrected chi connectivity index (χ3v) is 5.46. The summed E-state index contributed by atoms with van der Waals surface area (Å²) in [5.41, 5.74) is 4.01. The Morgan fingerprint density at radius 2 is 1.88 bits per heavy atom. The van der Waals surface area contributed by atoms with Crippen molar-refractivity contribution in [3.63, 3.8) is 0 Å². The Kier molecular flexibility index (Phi) is 10.9. The molecule has 0 aliphatic carbocycles. The molecule has 0 spiro atoms. The van der Waals surface area contributed by atoms with Crippen molar-refractivity contribution in [1.82, 2.24) is 15.5 Å². The van der Waals surface area contributed by atoms with Crippen molar-refractivity contribution in [2.45, 2.75) is 26.4 Å². The van der Waals surface area contributed by atoms with E-state index >= 15 is 0 Å². The van der Waals surface area contributed by atoms with Crippen molar-refractivity contribution in [2.24, 2.45) is 10.9 Å². The van der Waals surface area contributed by atoms with Gasteiger partial charge in [0, 0.05) is 57.9 Å². The molecule has 33 heavy (non-hydrogen) atoms. The fourth-order valence-electron chi connectivity index (χ4n) is 3.47. The Hall–Kier alpha value is -2.33. The number of benzene rings is 2. The molecule has 0 bridgehead atoms. The zero-order valence-electron chi connectivity index (χ0n) is 19.9. The number of hydrogen-bond acceptors (Lipinski definition) is 4. The minimum atomic E-state index is -0.00133. The third-order valence-electron chi connectivity index (χ3n) is 5.46. The quantitative estimate of drug-likeness (QED) is 0.290. The normalized spacial score (nSPS) is 15.5. The van der Waals surface area contributed by atoms with Crippen LogP contribution in [-0.2, 0) is 17.8 Å². The Bertz CT molecular complexity index is 926. The highest BCUT2D eigenvalue weighted by atomic mass is 127. The van der Waals surface area contributed by atoms with Gasteiger partial charge in [-0.05, 0) is 42.7 Å². The zero-order valence-corrected chi connectivity index (χ0v) is 22.2. The number of halogens is 1. The highest BCUT2D eigenvalue weighted by Crippen LogP contribution is 2.22. The van der Waals surface area contributed by atoms with Crippen LogP contribution in [0.15, 0.2) is 47.5 Å². The summed E-state index contributed by atoms with van der Waals surface area (Å²) in [7, 11) is 5.25. The molecule has 1 heterocycles. The Morgan fingerprint density at radius 3 is 2.52 bits per heavy atom. The second-order valence-corrected chi connectivity index (χ2v) is 8.33. The van der Waals surface area contributed by atoms with Crippen molar-refractivity contribution >= 4 is 35.8 Å². The van der Waals surface area contributed by atoms with Crippen LogP contribution in [0.4, 0.5) is 0 Å². The van der Waals surface area contributed by atoms with E-state index in [-0.39, 0.29) is 29.9 Å². The standard InChI is InChI=1S/C25H34N4O3.HI/c1-18-5-8-22(23(13-18)32-17-20-11-12-31-16-20)15-28-25(26-2)27-14-19-6-9-21(10-7-19)24(30)29(3)4;/h5-10,13,20H,11-12,14-17H2,1-4H3,(H2,26,27,28);1H. The second kappa shape index (κ2) is 13.4. The fraction of sp³-hybridized carbons (Fsp3) is 0.440. The van der Waals surface area contributed by atoms with Gasteiger partial charge >= 0.3 is 0 Å². The van der Waals surface area contributed by atoms with Crippen LogP contribution in [0.2, 0.25) is 0 Å². The maximum absolute atomic E-state index is 12.0. The lowest BCUT2D eigenvalue weighted by Gasteiger charge is -2.17. The summed E-state index contributed by atoms with van der Waals surface area (Å²) in [4.78, 5) is 17.9. The number of aryl methyl sites for hydroxylation is 1. The van der Waals surface area contributed by atoms with Gasteiger partial charge in [0.2, 0.25) is 0 Å². The minimum absolute atomic E-state index is 0. The van der Waals surface area contributed by atoms with Crippen LogP contribution in [0.5, 0.6) is 5.75 Å². The molecule has 2 N–H and O–H groups in total. The monoisotopic (exact) mass is 566 g/mol. The number of carbonyl (C=O) groups excluding carboxylic acids is 1. The van der Waals surface area contributed by atoms with Gasteiger partial charge in [-0.3, -0.25) is 9.79 Å². The largest absolute Gasteiger partial charge is 0.493 e. The summed E-state index contributed by atoms with van der Waals surface area (Å²) in [6.45, 7) is 5.56. The molecule has 1 amide bonds. The van der Waals surface area contributed by atoms with Crippen molar-refractivity contribution in [3.05, 3.63) is 64.7 Å². The number of nitrogens with zero attached hydrogens (tertiary/aromatic N) is 2. The first-order chi connectivity index (χ1) is 15.5. The summed E-state index contributed by atoms with van der Waals surface area (Å²) >= 11 is 0. The molecular weight excluding hydrogens is 531 g/mol.